The van der Waals surface area contributed by atoms with Crippen molar-refractivity contribution in [3.05, 3.63) is 52.6 Å². The van der Waals surface area contributed by atoms with Crippen molar-refractivity contribution in [3.8, 4) is 0 Å². The van der Waals surface area contributed by atoms with Crippen LogP contribution in [0.15, 0.2) is 14.5 Å². The van der Waals surface area contributed by atoms with Crippen molar-refractivity contribution in [1.82, 2.24) is 0 Å². The molecule has 0 aliphatic heterocycles. The molecule has 0 saturated heterocycles. The van der Waals surface area contributed by atoms with E-state index in [1.807, 2.05) is 18.3 Å². The molecule has 0 saturated carbocycles. The first-order valence-corrected chi connectivity index (χ1v) is 12.1. The maximum absolute atomic E-state index is 11.8. The topological polar surface area (TPSA) is 17.1 Å². The number of carbonyl (C=O) groups is 1. The molecule has 0 amide bonds. The summed E-state index contributed by atoms with van der Waals surface area (Å²) in [4.78, 5) is 16.9. The fraction of sp³-hybridized carbons (Fsp3) is 0.455. The second-order valence-electron chi connectivity index (χ2n) is 7.40. The molecule has 0 N–H and O–H groups in total. The molecule has 2 aromatic heterocycles. The van der Waals surface area contributed by atoms with E-state index < -0.39 is 0 Å². The Balaban J connectivity index is 0. The molecule has 4 rings (SSSR count). The molecule has 8 heteroatoms. The minimum Gasteiger partial charge on any atom is -1.00 e. The predicted molar refractivity (Wildman–Crippen MR) is 142 cm³/mol. The van der Waals surface area contributed by atoms with Gasteiger partial charge in [0.2, 0.25) is 0 Å². The number of hydrogen-bond donors (Lipinski definition) is 0. The molecule has 1 nitrogen and oxygen atoms in total. The first-order chi connectivity index (χ1) is 12.1. The molecule has 3 atom stereocenters. The zero-order valence-corrected chi connectivity index (χ0v) is 27.3. The van der Waals surface area contributed by atoms with Crippen LogP contribution in [0.3, 0.4) is 0 Å². The molecule has 0 aromatic carbocycles. The van der Waals surface area contributed by atoms with Gasteiger partial charge in [0.1, 0.15) is 0 Å². The summed E-state index contributed by atoms with van der Waals surface area (Å²) >= 11 is 10.8. The monoisotopic (exact) mass is 668 g/mol. The summed E-state index contributed by atoms with van der Waals surface area (Å²) in [6.45, 7) is 15.2. The van der Waals surface area contributed by atoms with Gasteiger partial charge in [0, 0.05) is 35.4 Å². The number of aryl methyl sites for hydroxylation is 2. The van der Waals surface area contributed by atoms with Crippen molar-refractivity contribution in [2.75, 3.05) is 0 Å². The van der Waals surface area contributed by atoms with Gasteiger partial charge in [0.25, 0.3) is 0 Å². The van der Waals surface area contributed by atoms with Gasteiger partial charge in [-0.2, -0.15) is 0 Å². The second-order valence-corrected chi connectivity index (χ2v) is 11.4. The van der Waals surface area contributed by atoms with Crippen molar-refractivity contribution in [2.45, 2.75) is 60.3 Å². The largest absolute Gasteiger partial charge is 2.00 e. The van der Waals surface area contributed by atoms with Crippen molar-refractivity contribution < 1.29 is 21.8 Å². The van der Waals surface area contributed by atoms with E-state index in [4.69, 9.17) is 0 Å². The van der Waals surface area contributed by atoms with Crippen LogP contribution in [0.4, 0.5) is 0 Å². The van der Waals surface area contributed by atoms with Gasteiger partial charge < -0.3 is 24.4 Å². The summed E-state index contributed by atoms with van der Waals surface area (Å²) in [5, 5.41) is 0. The number of carbonyl (C=O) groups excluding carboxylic acids is 1. The number of hydrogen-bond acceptors (Lipinski definition) is 3. The smallest absolute Gasteiger partial charge is 1.00 e. The quantitative estimate of drug-likeness (QED) is 0.249. The van der Waals surface area contributed by atoms with Gasteiger partial charge in [-0.3, -0.25) is 4.79 Å². The maximum atomic E-state index is 11.8. The standard InChI is InChI=1S/C11H13BrS.C10H11BrOS.CH3.BrH.ClH.Mg/c1-5-6(2)9-10(12)8(4)13-11(9)7(5)3;1-4-5(2)9(12)10-7(4)8(11)6(3)13-10;;;;/h6H,1-4H3;4-5H,1-3H3;1H3;2*1H;/q;;-1;;;+2/p-1. The van der Waals surface area contributed by atoms with E-state index in [2.05, 4.69) is 73.4 Å². The van der Waals surface area contributed by atoms with Crippen LogP contribution in [-0.4, -0.2) is 28.8 Å². The Morgan fingerprint density at radius 3 is 1.67 bits per heavy atom. The van der Waals surface area contributed by atoms with Gasteiger partial charge in [0.15, 0.2) is 5.78 Å². The number of thiophene rings is 2. The zero-order chi connectivity index (χ0) is 19.5. The van der Waals surface area contributed by atoms with Crippen molar-refractivity contribution in [1.29, 1.82) is 0 Å². The van der Waals surface area contributed by atoms with Crippen LogP contribution in [0.25, 0.3) is 5.57 Å². The van der Waals surface area contributed by atoms with Crippen LogP contribution < -0.4 is 17.0 Å². The first-order valence-electron chi connectivity index (χ1n) is 8.87. The molecule has 3 unspecified atom stereocenters. The van der Waals surface area contributed by atoms with Crippen LogP contribution in [-0.2, 0) is 0 Å². The van der Waals surface area contributed by atoms with Gasteiger partial charge in [-0.25, -0.2) is 0 Å². The number of rotatable bonds is 0. The third-order valence-electron chi connectivity index (χ3n) is 5.95. The van der Waals surface area contributed by atoms with Crippen molar-refractivity contribution in [3.63, 3.8) is 0 Å². The van der Waals surface area contributed by atoms with Gasteiger partial charge in [-0.1, -0.05) is 26.3 Å². The summed E-state index contributed by atoms with van der Waals surface area (Å²) in [7, 11) is 0. The van der Waals surface area contributed by atoms with Gasteiger partial charge >= 0.3 is 23.1 Å². The van der Waals surface area contributed by atoms with Crippen LogP contribution in [0.5, 0.6) is 0 Å². The van der Waals surface area contributed by atoms with E-state index in [1.54, 1.807) is 11.3 Å². The fourth-order valence-corrected chi connectivity index (χ4v) is 7.99. The predicted octanol–water partition coefficient (Wildman–Crippen LogP) is 5.98. The molecule has 2 aromatic rings. The average molecular weight is 672 g/mol. The summed E-state index contributed by atoms with van der Waals surface area (Å²) in [6, 6.07) is 0. The Morgan fingerprint density at radius 2 is 1.23 bits per heavy atom. The van der Waals surface area contributed by atoms with Crippen LogP contribution in [0, 0.1) is 27.2 Å². The molecule has 0 spiro atoms. The maximum Gasteiger partial charge on any atom is 2.00 e. The minimum absolute atomic E-state index is 0. The van der Waals surface area contributed by atoms with Crippen molar-refractivity contribution in [2.24, 2.45) is 5.92 Å². The van der Waals surface area contributed by atoms with E-state index >= 15 is 0 Å². The summed E-state index contributed by atoms with van der Waals surface area (Å²) < 4.78 is 2.48. The molecule has 2 aliphatic carbocycles. The molecule has 164 valence electrons. The third-order valence-corrected chi connectivity index (χ3v) is 10.9. The zero-order valence-electron chi connectivity index (χ0n) is 18.7. The fourth-order valence-electron chi connectivity index (χ4n) is 3.74. The second kappa shape index (κ2) is 12.7. The molecular weight excluding hydrogens is 644 g/mol. The van der Waals surface area contributed by atoms with Gasteiger partial charge in [0.05, 0.1) is 4.88 Å². The number of fused-ring (bicyclic) bond motifs is 2. The number of halogens is 4. The Bertz CT molecular complexity index is 949. The number of allylic oxidation sites excluding steroid dienone is 2. The first kappa shape index (κ1) is 33.5. The normalized spacial score (nSPS) is 20.7. The van der Waals surface area contributed by atoms with Crippen LogP contribution >= 0.6 is 66.9 Å². The Labute approximate surface area is 239 Å². The molecule has 30 heavy (non-hydrogen) atoms. The summed E-state index contributed by atoms with van der Waals surface area (Å²) in [6.07, 6.45) is 0. The Hall–Kier alpha value is 1.31. The number of ketones is 1. The van der Waals surface area contributed by atoms with E-state index in [0.29, 0.717) is 17.6 Å². The van der Waals surface area contributed by atoms with E-state index in [0.717, 1.165) is 9.35 Å². The van der Waals surface area contributed by atoms with E-state index in [1.165, 1.54) is 41.4 Å². The SMILES string of the molecule is CC1=C(C)C(C)c2c1sc(C)c2Br.Cc1sc2c(c1Br)C(C)C(C)C2=O.Cl.[Br-].[CH3-].[Mg+2]. The number of Topliss-reactive ketones (excluding diaryl/α,β-unsaturated/α-hetero) is 1. The van der Waals surface area contributed by atoms with Crippen molar-refractivity contribution >= 4 is 101 Å². The molecule has 0 fully saturated rings. The third kappa shape index (κ3) is 5.51. The van der Waals surface area contributed by atoms with Crippen LogP contribution in [0.1, 0.15) is 81.9 Å². The van der Waals surface area contributed by atoms with Gasteiger partial charge in [-0.15, -0.1) is 35.1 Å². The minimum atomic E-state index is 0. The summed E-state index contributed by atoms with van der Waals surface area (Å²) in [5.41, 5.74) is 5.76. The molecular formula is C22H28Br3ClMgOS2. The van der Waals surface area contributed by atoms with Crippen LogP contribution in [0.2, 0.25) is 0 Å². The Morgan fingerprint density at radius 1 is 0.800 bits per heavy atom. The van der Waals surface area contributed by atoms with Gasteiger partial charge in [-0.05, 0) is 82.2 Å². The molecule has 0 radical (unpaired) electrons. The summed E-state index contributed by atoms with van der Waals surface area (Å²) in [5.74, 6) is 1.47. The average Bonchev–Trinajstić information content (AvgIpc) is 3.20. The molecule has 0 bridgehead atoms. The van der Waals surface area contributed by atoms with E-state index in [9.17, 15) is 4.79 Å². The Kier molecular flexibility index (Phi) is 14.2. The molecule has 2 aliphatic rings. The molecule has 2 heterocycles. The van der Waals surface area contributed by atoms with E-state index in [-0.39, 0.29) is 65.8 Å².